The highest BCUT2D eigenvalue weighted by atomic mass is 19.1. The first-order valence-corrected chi connectivity index (χ1v) is 7.33. The van der Waals surface area contributed by atoms with Crippen LogP contribution < -0.4 is 10.6 Å². The summed E-state index contributed by atoms with van der Waals surface area (Å²) in [4.78, 5) is 24.3. The molecule has 2 atom stereocenters. The molecule has 0 heterocycles. The standard InChI is InChI=1S/C16H23FN2O3/c1-10(2)14(16(22)18-11(3)8-9-20)19-15(21)12-6-4-5-7-13(12)17/h4-7,10-11,14,20H,8-9H2,1-3H3,(H,18,22)(H,19,21). The number of nitrogens with one attached hydrogen (secondary N) is 2. The first-order chi connectivity index (χ1) is 10.4. The minimum Gasteiger partial charge on any atom is -0.396 e. The van der Waals surface area contributed by atoms with Crippen molar-refractivity contribution >= 4 is 11.8 Å². The fraction of sp³-hybridized carbons (Fsp3) is 0.500. The van der Waals surface area contributed by atoms with Gasteiger partial charge in [-0.05, 0) is 31.4 Å². The first kappa shape index (κ1) is 18.1. The average Bonchev–Trinajstić information content (AvgIpc) is 2.44. The van der Waals surface area contributed by atoms with E-state index < -0.39 is 17.8 Å². The Hall–Kier alpha value is -1.95. The molecule has 3 N–H and O–H groups in total. The maximum atomic E-state index is 13.6. The number of hydrogen-bond donors (Lipinski definition) is 3. The smallest absolute Gasteiger partial charge is 0.254 e. The molecule has 1 aromatic carbocycles. The molecule has 0 spiro atoms. The van der Waals surface area contributed by atoms with E-state index in [-0.39, 0.29) is 30.0 Å². The van der Waals surface area contributed by atoms with Gasteiger partial charge >= 0.3 is 0 Å². The maximum Gasteiger partial charge on any atom is 0.254 e. The van der Waals surface area contributed by atoms with E-state index in [0.29, 0.717) is 6.42 Å². The molecule has 0 aromatic heterocycles. The number of rotatable bonds is 7. The molecule has 2 unspecified atom stereocenters. The molecule has 6 heteroatoms. The topological polar surface area (TPSA) is 78.4 Å². The third-order valence-electron chi connectivity index (χ3n) is 3.30. The zero-order chi connectivity index (χ0) is 16.7. The van der Waals surface area contributed by atoms with Crippen molar-refractivity contribution in [3.8, 4) is 0 Å². The number of aliphatic hydroxyl groups is 1. The summed E-state index contributed by atoms with van der Waals surface area (Å²) in [5.74, 6) is -1.75. The number of aliphatic hydroxyl groups excluding tert-OH is 1. The molecule has 0 aliphatic carbocycles. The van der Waals surface area contributed by atoms with Gasteiger partial charge in [-0.2, -0.15) is 0 Å². The molecule has 5 nitrogen and oxygen atoms in total. The molecular weight excluding hydrogens is 287 g/mol. The largest absolute Gasteiger partial charge is 0.396 e. The SMILES string of the molecule is CC(CCO)NC(=O)C(NC(=O)c1ccccc1F)C(C)C. The Morgan fingerprint density at radius 2 is 1.82 bits per heavy atom. The van der Waals surface area contributed by atoms with Crippen LogP contribution in [0.5, 0.6) is 0 Å². The van der Waals surface area contributed by atoms with Gasteiger partial charge in [0.05, 0.1) is 5.56 Å². The van der Waals surface area contributed by atoms with Crippen molar-refractivity contribution in [1.29, 1.82) is 0 Å². The van der Waals surface area contributed by atoms with E-state index in [0.717, 1.165) is 0 Å². The van der Waals surface area contributed by atoms with Crippen LogP contribution in [0.25, 0.3) is 0 Å². The maximum absolute atomic E-state index is 13.6. The predicted molar refractivity (Wildman–Crippen MR) is 81.8 cm³/mol. The van der Waals surface area contributed by atoms with E-state index in [1.807, 2.05) is 0 Å². The van der Waals surface area contributed by atoms with Crippen molar-refractivity contribution < 1.29 is 19.1 Å². The van der Waals surface area contributed by atoms with E-state index in [4.69, 9.17) is 5.11 Å². The van der Waals surface area contributed by atoms with Gasteiger partial charge in [0.15, 0.2) is 0 Å². The van der Waals surface area contributed by atoms with Crippen LogP contribution >= 0.6 is 0 Å². The summed E-state index contributed by atoms with van der Waals surface area (Å²) in [5.41, 5.74) is -0.0932. The fourth-order valence-electron chi connectivity index (χ4n) is 2.00. The quantitative estimate of drug-likeness (QED) is 0.713. The van der Waals surface area contributed by atoms with Gasteiger partial charge in [0.25, 0.3) is 5.91 Å². The van der Waals surface area contributed by atoms with E-state index in [1.54, 1.807) is 26.8 Å². The molecular formula is C16H23FN2O3. The minimum absolute atomic E-state index is 0.0324. The molecule has 0 saturated carbocycles. The molecule has 0 saturated heterocycles. The second kappa shape index (κ2) is 8.48. The van der Waals surface area contributed by atoms with Crippen molar-refractivity contribution in [3.05, 3.63) is 35.6 Å². The highest BCUT2D eigenvalue weighted by Crippen LogP contribution is 2.09. The Kier molecular flexibility index (Phi) is 6.98. The van der Waals surface area contributed by atoms with Gasteiger partial charge in [0.2, 0.25) is 5.91 Å². The molecule has 22 heavy (non-hydrogen) atoms. The van der Waals surface area contributed by atoms with Gasteiger partial charge in [-0.1, -0.05) is 26.0 Å². The summed E-state index contributed by atoms with van der Waals surface area (Å²) in [6, 6.07) is 4.65. The second-order valence-corrected chi connectivity index (χ2v) is 5.60. The Morgan fingerprint density at radius 1 is 1.18 bits per heavy atom. The lowest BCUT2D eigenvalue weighted by atomic mass is 10.0. The van der Waals surface area contributed by atoms with Gasteiger partial charge in [-0.15, -0.1) is 0 Å². The number of halogens is 1. The number of carbonyl (C=O) groups is 2. The Bertz CT molecular complexity index is 520. The van der Waals surface area contributed by atoms with Crippen LogP contribution in [0.4, 0.5) is 4.39 Å². The second-order valence-electron chi connectivity index (χ2n) is 5.60. The lowest BCUT2D eigenvalue weighted by molar-refractivity contribution is -0.124. The highest BCUT2D eigenvalue weighted by Gasteiger charge is 2.26. The van der Waals surface area contributed by atoms with Crippen LogP contribution in [-0.4, -0.2) is 35.6 Å². The lowest BCUT2D eigenvalue weighted by Crippen LogP contribution is -2.51. The Morgan fingerprint density at radius 3 is 2.36 bits per heavy atom. The summed E-state index contributed by atoms with van der Waals surface area (Å²) < 4.78 is 13.6. The number of benzene rings is 1. The predicted octanol–water partition coefficient (Wildman–Crippen LogP) is 1.47. The molecule has 122 valence electrons. The average molecular weight is 310 g/mol. The Labute approximate surface area is 129 Å². The van der Waals surface area contributed by atoms with Gasteiger partial charge in [-0.3, -0.25) is 9.59 Å². The highest BCUT2D eigenvalue weighted by molar-refractivity contribution is 5.97. The lowest BCUT2D eigenvalue weighted by Gasteiger charge is -2.24. The van der Waals surface area contributed by atoms with E-state index >= 15 is 0 Å². The zero-order valence-corrected chi connectivity index (χ0v) is 13.1. The van der Waals surface area contributed by atoms with Crippen LogP contribution in [-0.2, 0) is 4.79 Å². The van der Waals surface area contributed by atoms with Crippen molar-refractivity contribution in [2.24, 2.45) is 5.92 Å². The van der Waals surface area contributed by atoms with Crippen LogP contribution in [0.15, 0.2) is 24.3 Å². The van der Waals surface area contributed by atoms with Gasteiger partial charge in [-0.25, -0.2) is 4.39 Å². The van der Waals surface area contributed by atoms with Crippen LogP contribution in [0, 0.1) is 11.7 Å². The van der Waals surface area contributed by atoms with Gasteiger partial charge in [0.1, 0.15) is 11.9 Å². The molecule has 1 aromatic rings. The molecule has 0 aliphatic heterocycles. The van der Waals surface area contributed by atoms with Crippen LogP contribution in [0.1, 0.15) is 37.6 Å². The number of carbonyl (C=O) groups excluding carboxylic acids is 2. The van der Waals surface area contributed by atoms with E-state index in [2.05, 4.69) is 10.6 Å². The summed E-state index contributed by atoms with van der Waals surface area (Å²) in [7, 11) is 0. The third kappa shape index (κ3) is 5.11. The summed E-state index contributed by atoms with van der Waals surface area (Å²) in [5, 5.41) is 14.2. The van der Waals surface area contributed by atoms with Gasteiger partial charge in [0, 0.05) is 12.6 Å². The summed E-state index contributed by atoms with van der Waals surface area (Å²) in [6.07, 6.45) is 0.428. The van der Waals surface area contributed by atoms with Crippen molar-refractivity contribution in [2.75, 3.05) is 6.61 Å². The Balaban J connectivity index is 2.78. The zero-order valence-electron chi connectivity index (χ0n) is 13.1. The molecule has 0 fully saturated rings. The monoisotopic (exact) mass is 310 g/mol. The molecule has 0 radical (unpaired) electrons. The van der Waals surface area contributed by atoms with Crippen molar-refractivity contribution in [3.63, 3.8) is 0 Å². The normalized spacial score (nSPS) is 13.5. The fourth-order valence-corrected chi connectivity index (χ4v) is 2.00. The number of hydrogen-bond acceptors (Lipinski definition) is 3. The summed E-state index contributed by atoms with van der Waals surface area (Å²) in [6.45, 7) is 5.32. The van der Waals surface area contributed by atoms with Crippen molar-refractivity contribution in [1.82, 2.24) is 10.6 Å². The van der Waals surface area contributed by atoms with Crippen LogP contribution in [0.2, 0.25) is 0 Å². The minimum atomic E-state index is -0.770. The van der Waals surface area contributed by atoms with Crippen LogP contribution in [0.3, 0.4) is 0 Å². The van der Waals surface area contributed by atoms with E-state index in [1.165, 1.54) is 18.2 Å². The molecule has 0 bridgehead atoms. The first-order valence-electron chi connectivity index (χ1n) is 7.33. The van der Waals surface area contributed by atoms with Crippen molar-refractivity contribution in [2.45, 2.75) is 39.3 Å². The van der Waals surface area contributed by atoms with E-state index in [9.17, 15) is 14.0 Å². The molecule has 2 amide bonds. The molecule has 0 aliphatic rings. The number of amides is 2. The summed E-state index contributed by atoms with van der Waals surface area (Å²) >= 11 is 0. The third-order valence-corrected chi connectivity index (χ3v) is 3.30. The molecule has 1 rings (SSSR count). The van der Waals surface area contributed by atoms with Gasteiger partial charge < -0.3 is 15.7 Å².